The normalized spacial score (nSPS) is 17.1. The fraction of sp³-hybridized carbons (Fsp3) is 1.00. The van der Waals surface area contributed by atoms with Crippen LogP contribution in [0.5, 0.6) is 0 Å². The standard InChI is InChI=1S/C11H24O2/c1-6-7-11(5,10(2,3)4)13-9-8-12/h12H,6-9H2,1-5H3. The van der Waals surface area contributed by atoms with E-state index in [-0.39, 0.29) is 17.6 Å². The lowest BCUT2D eigenvalue weighted by Gasteiger charge is -2.41. The minimum Gasteiger partial charge on any atom is -0.394 e. The molecule has 0 heterocycles. The van der Waals surface area contributed by atoms with E-state index in [9.17, 15) is 0 Å². The highest BCUT2D eigenvalue weighted by Crippen LogP contribution is 2.37. The van der Waals surface area contributed by atoms with E-state index in [4.69, 9.17) is 9.84 Å². The summed E-state index contributed by atoms with van der Waals surface area (Å²) in [4.78, 5) is 0. The second-order valence-corrected chi connectivity index (χ2v) is 4.80. The van der Waals surface area contributed by atoms with Gasteiger partial charge in [-0.05, 0) is 18.8 Å². The van der Waals surface area contributed by atoms with Crippen molar-refractivity contribution in [3.05, 3.63) is 0 Å². The average Bonchev–Trinajstić information content (AvgIpc) is 1.99. The molecule has 0 aromatic heterocycles. The molecule has 0 aromatic carbocycles. The predicted octanol–water partition coefficient (Wildman–Crippen LogP) is 2.60. The average molecular weight is 188 g/mol. The first-order chi connectivity index (χ1) is 5.87. The molecule has 0 radical (unpaired) electrons. The summed E-state index contributed by atoms with van der Waals surface area (Å²) in [6.07, 6.45) is 2.15. The summed E-state index contributed by atoms with van der Waals surface area (Å²) in [5.41, 5.74) is 0.00264. The Bertz CT molecular complexity index is 138. The van der Waals surface area contributed by atoms with Crippen LogP contribution < -0.4 is 0 Å². The molecule has 0 rings (SSSR count). The third-order valence-corrected chi connectivity index (χ3v) is 2.83. The van der Waals surface area contributed by atoms with Crippen LogP contribution >= 0.6 is 0 Å². The first-order valence-electron chi connectivity index (χ1n) is 5.12. The molecule has 0 fully saturated rings. The van der Waals surface area contributed by atoms with Crippen molar-refractivity contribution in [1.29, 1.82) is 0 Å². The maximum atomic E-state index is 8.74. The van der Waals surface area contributed by atoms with Crippen molar-refractivity contribution < 1.29 is 9.84 Å². The van der Waals surface area contributed by atoms with Crippen LogP contribution in [0.3, 0.4) is 0 Å². The molecule has 1 unspecified atom stereocenters. The maximum absolute atomic E-state index is 8.74. The molecule has 0 amide bonds. The van der Waals surface area contributed by atoms with Gasteiger partial charge in [0.1, 0.15) is 0 Å². The van der Waals surface area contributed by atoms with Crippen LogP contribution in [0.4, 0.5) is 0 Å². The van der Waals surface area contributed by atoms with Gasteiger partial charge in [-0.15, -0.1) is 0 Å². The second kappa shape index (κ2) is 4.97. The Morgan fingerprint density at radius 3 is 2.00 bits per heavy atom. The van der Waals surface area contributed by atoms with E-state index in [1.54, 1.807) is 0 Å². The van der Waals surface area contributed by atoms with Gasteiger partial charge in [-0.25, -0.2) is 0 Å². The van der Waals surface area contributed by atoms with Gasteiger partial charge < -0.3 is 9.84 Å². The van der Waals surface area contributed by atoms with Gasteiger partial charge in [-0.1, -0.05) is 34.1 Å². The van der Waals surface area contributed by atoms with Crippen LogP contribution in [0, 0.1) is 5.41 Å². The summed E-state index contributed by atoms with van der Waals surface area (Å²) in [6, 6.07) is 0. The van der Waals surface area contributed by atoms with Crippen molar-refractivity contribution in [3.8, 4) is 0 Å². The highest BCUT2D eigenvalue weighted by atomic mass is 16.5. The van der Waals surface area contributed by atoms with Gasteiger partial charge >= 0.3 is 0 Å². The van der Waals surface area contributed by atoms with Crippen molar-refractivity contribution in [2.24, 2.45) is 5.41 Å². The SMILES string of the molecule is CCCC(C)(OCCO)C(C)(C)C. The Morgan fingerprint density at radius 1 is 1.15 bits per heavy atom. The Kier molecular flexibility index (Phi) is 4.93. The monoisotopic (exact) mass is 188 g/mol. The fourth-order valence-corrected chi connectivity index (χ4v) is 1.41. The highest BCUT2D eigenvalue weighted by Gasteiger charge is 2.37. The molecule has 0 bridgehead atoms. The molecule has 0 saturated carbocycles. The molecule has 1 N–H and O–H groups in total. The van der Waals surface area contributed by atoms with E-state index >= 15 is 0 Å². The van der Waals surface area contributed by atoms with Gasteiger partial charge in [0.2, 0.25) is 0 Å². The van der Waals surface area contributed by atoms with Crippen LogP contribution in [-0.4, -0.2) is 23.9 Å². The topological polar surface area (TPSA) is 29.5 Å². The van der Waals surface area contributed by atoms with Gasteiger partial charge in [0, 0.05) is 0 Å². The molecule has 0 spiro atoms. The molecule has 13 heavy (non-hydrogen) atoms. The molecular weight excluding hydrogens is 164 g/mol. The molecule has 0 aliphatic carbocycles. The fourth-order valence-electron chi connectivity index (χ4n) is 1.41. The third-order valence-electron chi connectivity index (χ3n) is 2.83. The third kappa shape index (κ3) is 3.65. The number of ether oxygens (including phenoxy) is 1. The smallest absolute Gasteiger partial charge is 0.0705 e. The van der Waals surface area contributed by atoms with E-state index in [0.29, 0.717) is 6.61 Å². The number of rotatable bonds is 5. The van der Waals surface area contributed by atoms with E-state index in [1.807, 2.05) is 0 Å². The summed E-state index contributed by atoms with van der Waals surface area (Å²) in [6.45, 7) is 11.4. The van der Waals surface area contributed by atoms with Gasteiger partial charge in [0.05, 0.1) is 18.8 Å². The Hall–Kier alpha value is -0.0800. The summed E-state index contributed by atoms with van der Waals surface area (Å²) in [7, 11) is 0. The maximum Gasteiger partial charge on any atom is 0.0705 e. The van der Waals surface area contributed by atoms with Gasteiger partial charge in [0.25, 0.3) is 0 Å². The Morgan fingerprint density at radius 2 is 1.69 bits per heavy atom. The van der Waals surface area contributed by atoms with Gasteiger partial charge in [-0.2, -0.15) is 0 Å². The minimum atomic E-state index is -0.121. The summed E-state index contributed by atoms with van der Waals surface area (Å²) in [5.74, 6) is 0. The minimum absolute atomic E-state index is 0.107. The zero-order chi connectivity index (χ0) is 10.5. The van der Waals surface area contributed by atoms with E-state index < -0.39 is 0 Å². The number of aliphatic hydroxyl groups excluding tert-OH is 1. The zero-order valence-electron chi connectivity index (χ0n) is 9.68. The van der Waals surface area contributed by atoms with E-state index in [2.05, 4.69) is 34.6 Å². The van der Waals surface area contributed by atoms with Crippen LogP contribution in [0.1, 0.15) is 47.5 Å². The first kappa shape index (κ1) is 12.9. The molecule has 2 heteroatoms. The van der Waals surface area contributed by atoms with Crippen LogP contribution in [0.15, 0.2) is 0 Å². The largest absolute Gasteiger partial charge is 0.394 e. The summed E-state index contributed by atoms with van der Waals surface area (Å²) in [5, 5.41) is 8.74. The van der Waals surface area contributed by atoms with Crippen LogP contribution in [0.2, 0.25) is 0 Å². The summed E-state index contributed by atoms with van der Waals surface area (Å²) >= 11 is 0. The lowest BCUT2D eigenvalue weighted by Crippen LogP contribution is -2.43. The Labute approximate surface area is 82.3 Å². The van der Waals surface area contributed by atoms with Crippen LogP contribution in [-0.2, 0) is 4.74 Å². The highest BCUT2D eigenvalue weighted by molar-refractivity contribution is 4.87. The number of hydrogen-bond acceptors (Lipinski definition) is 2. The van der Waals surface area contributed by atoms with Crippen molar-refractivity contribution >= 4 is 0 Å². The predicted molar refractivity (Wildman–Crippen MR) is 55.8 cm³/mol. The van der Waals surface area contributed by atoms with E-state index in [0.717, 1.165) is 12.8 Å². The summed E-state index contributed by atoms with van der Waals surface area (Å²) < 4.78 is 5.73. The molecule has 80 valence electrons. The molecule has 0 aliphatic heterocycles. The van der Waals surface area contributed by atoms with Gasteiger partial charge in [-0.3, -0.25) is 0 Å². The number of hydrogen-bond donors (Lipinski definition) is 1. The van der Waals surface area contributed by atoms with E-state index in [1.165, 1.54) is 0 Å². The zero-order valence-corrected chi connectivity index (χ0v) is 9.68. The molecule has 0 aliphatic rings. The van der Waals surface area contributed by atoms with Gasteiger partial charge in [0.15, 0.2) is 0 Å². The lowest BCUT2D eigenvalue weighted by atomic mass is 9.75. The van der Waals surface area contributed by atoms with Crippen molar-refractivity contribution in [1.82, 2.24) is 0 Å². The molecule has 0 aromatic rings. The van der Waals surface area contributed by atoms with Crippen molar-refractivity contribution in [3.63, 3.8) is 0 Å². The molecule has 2 nitrogen and oxygen atoms in total. The molecule has 1 atom stereocenters. The van der Waals surface area contributed by atoms with Crippen LogP contribution in [0.25, 0.3) is 0 Å². The molecular formula is C11H24O2. The molecule has 0 saturated heterocycles. The lowest BCUT2D eigenvalue weighted by molar-refractivity contribution is -0.117. The quantitative estimate of drug-likeness (QED) is 0.718. The second-order valence-electron chi connectivity index (χ2n) is 4.80. The number of aliphatic hydroxyl groups is 1. The Balaban J connectivity index is 4.34. The van der Waals surface area contributed by atoms with Crippen molar-refractivity contribution in [2.75, 3.05) is 13.2 Å². The van der Waals surface area contributed by atoms with Crippen molar-refractivity contribution in [2.45, 2.75) is 53.1 Å². The first-order valence-corrected chi connectivity index (χ1v) is 5.12.